The molecule has 1 saturated heterocycles. The van der Waals surface area contributed by atoms with Crippen molar-refractivity contribution < 1.29 is 33.3 Å². The molecular formula is C16H27AlNNaO. The van der Waals surface area contributed by atoms with E-state index in [0.29, 0.717) is 0 Å². The van der Waals surface area contributed by atoms with Crippen LogP contribution >= 0.6 is 0 Å². The molecule has 106 valence electrons. The molecule has 1 aromatic carbocycles. The number of rotatable bonds is 6. The molecule has 20 heavy (non-hydrogen) atoms. The Kier molecular flexibility index (Phi) is 9.02. The Labute approximate surface area is 149 Å². The van der Waals surface area contributed by atoms with E-state index in [1.54, 1.807) is 0 Å². The van der Waals surface area contributed by atoms with Gasteiger partial charge in [-0.25, -0.2) is 0 Å². The number of nitrogens with zero attached hydrogens (tertiary/aromatic N) is 1. The summed E-state index contributed by atoms with van der Waals surface area (Å²) < 4.78 is 9.28. The SMILES string of the molecule is C[CH2][Al-]([CH2]C)([O]Cc1ccccc1)[N]1CCCCC1.[Na+]. The first-order chi connectivity index (χ1) is 9.30. The van der Waals surface area contributed by atoms with Crippen molar-refractivity contribution in [2.75, 3.05) is 13.1 Å². The molecule has 0 aliphatic carbocycles. The van der Waals surface area contributed by atoms with Gasteiger partial charge in [-0.1, -0.05) is 50.6 Å². The molecule has 1 aliphatic heterocycles. The van der Waals surface area contributed by atoms with Crippen molar-refractivity contribution in [1.29, 1.82) is 0 Å². The van der Waals surface area contributed by atoms with Gasteiger partial charge in [0.2, 0.25) is 0 Å². The van der Waals surface area contributed by atoms with Gasteiger partial charge in [0.05, 0.1) is 0 Å². The molecular weight excluding hydrogens is 272 g/mol. The van der Waals surface area contributed by atoms with E-state index in [9.17, 15) is 0 Å². The fourth-order valence-electron chi connectivity index (χ4n) is 3.36. The molecule has 0 amide bonds. The van der Waals surface area contributed by atoms with Crippen LogP contribution in [0.5, 0.6) is 0 Å². The Balaban J connectivity index is 0.00000200. The molecule has 0 radical (unpaired) electrons. The molecule has 0 unspecified atom stereocenters. The maximum absolute atomic E-state index is 6.55. The van der Waals surface area contributed by atoms with Crippen LogP contribution in [0.1, 0.15) is 38.7 Å². The van der Waals surface area contributed by atoms with E-state index in [0.717, 1.165) is 6.61 Å². The van der Waals surface area contributed by atoms with E-state index < -0.39 is 13.6 Å². The van der Waals surface area contributed by atoms with E-state index in [1.165, 1.54) is 48.5 Å². The van der Waals surface area contributed by atoms with Gasteiger partial charge in [0.1, 0.15) is 0 Å². The third kappa shape index (κ3) is 4.85. The van der Waals surface area contributed by atoms with E-state index in [4.69, 9.17) is 3.79 Å². The maximum atomic E-state index is 6.55. The van der Waals surface area contributed by atoms with Crippen LogP contribution in [0.25, 0.3) is 0 Å². The zero-order valence-electron chi connectivity index (χ0n) is 13.5. The summed E-state index contributed by atoms with van der Waals surface area (Å²) in [5.74, 6) is 0. The average Bonchev–Trinajstić information content (AvgIpc) is 2.51. The van der Waals surface area contributed by atoms with E-state index in [-0.39, 0.29) is 29.6 Å². The van der Waals surface area contributed by atoms with Crippen molar-refractivity contribution >= 4 is 13.6 Å². The summed E-state index contributed by atoms with van der Waals surface area (Å²) in [6.45, 7) is 7.98. The molecule has 1 aromatic rings. The fourth-order valence-corrected chi connectivity index (χ4v) is 7.46. The maximum Gasteiger partial charge on any atom is 1.00 e. The first-order valence-corrected chi connectivity index (χ1v) is 10.5. The van der Waals surface area contributed by atoms with Crippen LogP contribution in [0.3, 0.4) is 0 Å². The minimum atomic E-state index is -2.02. The van der Waals surface area contributed by atoms with Gasteiger partial charge < -0.3 is 7.67 Å². The summed E-state index contributed by atoms with van der Waals surface area (Å²) in [7, 11) is 0. The molecule has 0 N–H and O–H groups in total. The van der Waals surface area contributed by atoms with Crippen LogP contribution in [0.15, 0.2) is 30.3 Å². The molecule has 4 heteroatoms. The molecule has 1 fully saturated rings. The second kappa shape index (κ2) is 9.64. The van der Waals surface area contributed by atoms with Gasteiger partial charge in [-0.3, -0.25) is 0 Å². The Morgan fingerprint density at radius 2 is 1.60 bits per heavy atom. The van der Waals surface area contributed by atoms with Gasteiger partial charge in [0, 0.05) is 6.61 Å². The Hall–Kier alpha value is 0.672. The number of hydrogen-bond acceptors (Lipinski definition) is 2. The van der Waals surface area contributed by atoms with Crippen molar-refractivity contribution in [2.45, 2.75) is 50.3 Å². The van der Waals surface area contributed by atoms with Gasteiger partial charge in [-0.05, 0) is 31.5 Å². The standard InChI is InChI=1S/C7H7O.C5H10N.2C2H5.Al.Na/c8-6-7-4-2-1-3-5-7;1-2-4-6-5-3-1;2*1-2;;/h1-5H,6H2;1-5H2;2*1H2,2H3;;/q2*-1;;;2*+1. The Morgan fingerprint density at radius 3 is 2.15 bits per heavy atom. The van der Waals surface area contributed by atoms with Crippen LogP contribution in [-0.2, 0) is 10.4 Å². The molecule has 1 aliphatic rings. The monoisotopic (exact) mass is 299 g/mol. The van der Waals surface area contributed by atoms with E-state index >= 15 is 0 Å². The van der Waals surface area contributed by atoms with Gasteiger partial charge in [-0.15, -0.1) is 0 Å². The summed E-state index contributed by atoms with van der Waals surface area (Å²) in [6.07, 6.45) is 4.12. The first-order valence-electron chi connectivity index (χ1n) is 7.91. The molecule has 0 bridgehead atoms. The zero-order chi connectivity index (χ0) is 13.6. The number of benzene rings is 1. The molecule has 2 nitrogen and oxygen atoms in total. The summed E-state index contributed by atoms with van der Waals surface area (Å²) in [5, 5.41) is 2.46. The Bertz CT molecular complexity index is 364. The zero-order valence-corrected chi connectivity index (χ0v) is 16.6. The van der Waals surface area contributed by atoms with Crippen molar-refractivity contribution in [3.05, 3.63) is 35.9 Å². The number of piperidine rings is 1. The van der Waals surface area contributed by atoms with Crippen LogP contribution in [0.2, 0.25) is 10.6 Å². The molecule has 1 heterocycles. The second-order valence-corrected chi connectivity index (χ2v) is 10.7. The van der Waals surface area contributed by atoms with Crippen LogP contribution in [-0.4, -0.2) is 30.6 Å². The first kappa shape index (κ1) is 18.7. The third-order valence-electron chi connectivity index (χ3n) is 4.74. The van der Waals surface area contributed by atoms with E-state index in [2.05, 4.69) is 48.1 Å². The van der Waals surface area contributed by atoms with Crippen molar-refractivity contribution in [2.24, 2.45) is 0 Å². The van der Waals surface area contributed by atoms with E-state index in [1.807, 2.05) is 0 Å². The quantitative estimate of drug-likeness (QED) is 0.731. The molecule has 0 spiro atoms. The van der Waals surface area contributed by atoms with Crippen molar-refractivity contribution in [1.82, 2.24) is 3.88 Å². The summed E-state index contributed by atoms with van der Waals surface area (Å²) in [6, 6.07) is 10.6. The normalized spacial score (nSPS) is 16.7. The van der Waals surface area contributed by atoms with Gasteiger partial charge in [0.15, 0.2) is 0 Å². The summed E-state index contributed by atoms with van der Waals surface area (Å²) in [4.78, 5) is 0. The number of hydrogen-bond donors (Lipinski definition) is 0. The summed E-state index contributed by atoms with van der Waals surface area (Å²) in [5.41, 5.74) is 1.31. The predicted octanol–water partition coefficient (Wildman–Crippen LogP) is 1.18. The van der Waals surface area contributed by atoms with Crippen LogP contribution in [0.4, 0.5) is 0 Å². The smallest absolute Gasteiger partial charge is 0.642 e. The van der Waals surface area contributed by atoms with Crippen LogP contribution < -0.4 is 29.6 Å². The molecule has 0 saturated carbocycles. The predicted molar refractivity (Wildman–Crippen MR) is 83.4 cm³/mol. The minimum absolute atomic E-state index is 0. The molecule has 2 rings (SSSR count). The van der Waals surface area contributed by atoms with Gasteiger partial charge >= 0.3 is 43.2 Å². The van der Waals surface area contributed by atoms with Crippen molar-refractivity contribution in [3.8, 4) is 0 Å². The molecule has 0 aromatic heterocycles. The molecule has 0 atom stereocenters. The largest absolute Gasteiger partial charge is 1.00 e. The topological polar surface area (TPSA) is 12.5 Å². The van der Waals surface area contributed by atoms with Crippen LogP contribution in [0, 0.1) is 0 Å². The van der Waals surface area contributed by atoms with Gasteiger partial charge in [-0.2, -0.15) is 10.6 Å². The second-order valence-electron chi connectivity index (χ2n) is 5.80. The van der Waals surface area contributed by atoms with Crippen molar-refractivity contribution in [3.63, 3.8) is 0 Å². The fraction of sp³-hybridized carbons (Fsp3) is 0.625. The third-order valence-corrected chi connectivity index (χ3v) is 9.92. The van der Waals surface area contributed by atoms with Gasteiger partial charge in [0.25, 0.3) is 0 Å². The summed E-state index contributed by atoms with van der Waals surface area (Å²) >= 11 is -2.02. The minimum Gasteiger partial charge on any atom is -0.642 e. The Morgan fingerprint density at radius 1 is 1.00 bits per heavy atom. The average molecular weight is 299 g/mol.